The van der Waals surface area contributed by atoms with Crippen LogP contribution in [0.1, 0.15) is 50.9 Å². The fourth-order valence-corrected chi connectivity index (χ4v) is 3.33. The molecule has 0 spiro atoms. The second kappa shape index (κ2) is 7.43. The minimum Gasteiger partial charge on any atom is -0.372 e. The molecule has 1 aliphatic rings. The summed E-state index contributed by atoms with van der Waals surface area (Å²) in [5, 5.41) is 5.30. The number of ether oxygens (including phenoxy) is 1. The molecule has 1 saturated carbocycles. The minimum atomic E-state index is 0.273. The molecule has 114 valence electrons. The molecule has 0 aliphatic heterocycles. The van der Waals surface area contributed by atoms with Crippen molar-refractivity contribution in [3.63, 3.8) is 0 Å². The molecule has 1 heterocycles. The summed E-state index contributed by atoms with van der Waals surface area (Å²) in [6.45, 7) is 6.23. The van der Waals surface area contributed by atoms with Crippen LogP contribution in [-0.2, 0) is 24.3 Å². The van der Waals surface area contributed by atoms with Gasteiger partial charge in [-0.2, -0.15) is 5.10 Å². The topological polar surface area (TPSA) is 53.1 Å². The maximum atomic E-state index is 6.41. The zero-order chi connectivity index (χ0) is 14.5. The summed E-state index contributed by atoms with van der Waals surface area (Å²) in [6.07, 6.45) is 5.93. The Hall–Kier alpha value is -0.580. The minimum absolute atomic E-state index is 0.273. The van der Waals surface area contributed by atoms with Crippen molar-refractivity contribution in [3.05, 3.63) is 16.4 Å². The Kier molecular flexibility index (Phi) is 5.87. The van der Waals surface area contributed by atoms with Gasteiger partial charge in [-0.1, -0.05) is 31.4 Å². The molecule has 2 rings (SSSR count). The second-order valence-corrected chi connectivity index (χ2v) is 5.88. The molecule has 0 bridgehead atoms. The number of rotatable bonds is 6. The van der Waals surface area contributed by atoms with Crippen molar-refractivity contribution < 1.29 is 4.74 Å². The molecule has 2 N–H and O–H groups in total. The van der Waals surface area contributed by atoms with Crippen LogP contribution in [-0.4, -0.2) is 22.4 Å². The summed E-state index contributed by atoms with van der Waals surface area (Å²) in [4.78, 5) is 0. The predicted octanol–water partition coefficient (Wildman–Crippen LogP) is 3.15. The van der Waals surface area contributed by atoms with Crippen LogP contribution in [0.4, 0.5) is 0 Å². The number of nitrogens with zero attached hydrogens (tertiary/aromatic N) is 2. The average molecular weight is 300 g/mol. The van der Waals surface area contributed by atoms with Gasteiger partial charge in [0.2, 0.25) is 0 Å². The van der Waals surface area contributed by atoms with Crippen LogP contribution in [0.15, 0.2) is 0 Å². The lowest BCUT2D eigenvalue weighted by Gasteiger charge is -2.30. The zero-order valence-corrected chi connectivity index (χ0v) is 13.3. The molecule has 1 aromatic heterocycles. The maximum Gasteiger partial charge on any atom is 0.0903 e. The van der Waals surface area contributed by atoms with Crippen LogP contribution in [0.5, 0.6) is 0 Å². The summed E-state index contributed by atoms with van der Waals surface area (Å²) in [6, 6.07) is 0. The largest absolute Gasteiger partial charge is 0.372 e. The van der Waals surface area contributed by atoms with Gasteiger partial charge in [-0.05, 0) is 38.6 Å². The standard InChI is InChI=1S/C15H26ClN3O/c1-3-12-15(16)13(19(4-2)18-12)10-20-14-8-6-5-7-11(14)9-17/h11,14H,3-10,17H2,1-2H3. The van der Waals surface area contributed by atoms with E-state index in [9.17, 15) is 0 Å². The lowest BCUT2D eigenvalue weighted by atomic mass is 9.86. The van der Waals surface area contributed by atoms with Gasteiger partial charge >= 0.3 is 0 Å². The van der Waals surface area contributed by atoms with E-state index in [0.717, 1.165) is 35.8 Å². The normalized spacial score (nSPS) is 23.2. The monoisotopic (exact) mass is 299 g/mol. The Balaban J connectivity index is 2.04. The van der Waals surface area contributed by atoms with Gasteiger partial charge in [-0.25, -0.2) is 0 Å². The first-order valence-electron chi connectivity index (χ1n) is 7.76. The summed E-state index contributed by atoms with van der Waals surface area (Å²) in [5.41, 5.74) is 7.82. The maximum absolute atomic E-state index is 6.41. The highest BCUT2D eigenvalue weighted by molar-refractivity contribution is 6.31. The van der Waals surface area contributed by atoms with Crippen LogP contribution in [0.25, 0.3) is 0 Å². The first-order chi connectivity index (χ1) is 9.71. The quantitative estimate of drug-likeness (QED) is 0.878. The van der Waals surface area contributed by atoms with Crippen molar-refractivity contribution in [1.29, 1.82) is 0 Å². The molecule has 0 saturated heterocycles. The van der Waals surface area contributed by atoms with Gasteiger partial charge < -0.3 is 10.5 Å². The van der Waals surface area contributed by atoms with E-state index in [0.29, 0.717) is 19.1 Å². The van der Waals surface area contributed by atoms with Crippen molar-refractivity contribution in [2.45, 2.75) is 65.2 Å². The van der Waals surface area contributed by atoms with Crippen molar-refractivity contribution >= 4 is 11.6 Å². The highest BCUT2D eigenvalue weighted by Gasteiger charge is 2.25. The molecule has 0 amide bonds. The highest BCUT2D eigenvalue weighted by Crippen LogP contribution is 2.28. The zero-order valence-electron chi connectivity index (χ0n) is 12.6. The van der Waals surface area contributed by atoms with Gasteiger partial charge in [0.05, 0.1) is 29.1 Å². The lowest BCUT2D eigenvalue weighted by molar-refractivity contribution is -0.0208. The fraction of sp³-hybridized carbons (Fsp3) is 0.800. The van der Waals surface area contributed by atoms with Gasteiger partial charge in [0, 0.05) is 6.54 Å². The summed E-state index contributed by atoms with van der Waals surface area (Å²) >= 11 is 6.41. The van der Waals surface area contributed by atoms with Crippen LogP contribution < -0.4 is 5.73 Å². The van der Waals surface area contributed by atoms with Crippen LogP contribution in [0.2, 0.25) is 5.02 Å². The second-order valence-electron chi connectivity index (χ2n) is 5.51. The van der Waals surface area contributed by atoms with Gasteiger partial charge in [-0.15, -0.1) is 0 Å². The Labute approximate surface area is 126 Å². The summed E-state index contributed by atoms with van der Waals surface area (Å²) < 4.78 is 8.09. The molecule has 0 radical (unpaired) electrons. The molecular weight excluding hydrogens is 274 g/mol. The average Bonchev–Trinajstić information content (AvgIpc) is 2.81. The van der Waals surface area contributed by atoms with E-state index in [4.69, 9.17) is 22.1 Å². The molecule has 2 atom stereocenters. The molecule has 1 aliphatic carbocycles. The molecule has 1 aromatic rings. The number of hydrogen-bond donors (Lipinski definition) is 1. The number of aryl methyl sites for hydroxylation is 2. The summed E-state index contributed by atoms with van der Waals surface area (Å²) in [7, 11) is 0. The Bertz CT molecular complexity index is 433. The van der Waals surface area contributed by atoms with Crippen LogP contribution in [0, 0.1) is 5.92 Å². The molecule has 20 heavy (non-hydrogen) atoms. The van der Waals surface area contributed by atoms with E-state index in [1.165, 1.54) is 19.3 Å². The first kappa shape index (κ1) is 15.8. The number of hydrogen-bond acceptors (Lipinski definition) is 3. The van der Waals surface area contributed by atoms with E-state index < -0.39 is 0 Å². The van der Waals surface area contributed by atoms with Crippen molar-refractivity contribution in [1.82, 2.24) is 9.78 Å². The molecule has 1 fully saturated rings. The first-order valence-corrected chi connectivity index (χ1v) is 8.14. The predicted molar refractivity (Wildman–Crippen MR) is 81.9 cm³/mol. The van der Waals surface area contributed by atoms with Crippen molar-refractivity contribution in [2.24, 2.45) is 11.7 Å². The molecule has 2 unspecified atom stereocenters. The van der Waals surface area contributed by atoms with Crippen LogP contribution >= 0.6 is 11.6 Å². The molecule has 0 aromatic carbocycles. The fourth-order valence-electron chi connectivity index (χ4n) is 3.00. The van der Waals surface area contributed by atoms with E-state index in [1.807, 2.05) is 4.68 Å². The van der Waals surface area contributed by atoms with Crippen molar-refractivity contribution in [2.75, 3.05) is 6.54 Å². The SMILES string of the molecule is CCc1nn(CC)c(COC2CCCCC2CN)c1Cl. The van der Waals surface area contributed by atoms with Gasteiger partial charge in [0.25, 0.3) is 0 Å². The van der Waals surface area contributed by atoms with Crippen molar-refractivity contribution in [3.8, 4) is 0 Å². The highest BCUT2D eigenvalue weighted by atomic mass is 35.5. The Morgan fingerprint density at radius 1 is 1.35 bits per heavy atom. The van der Waals surface area contributed by atoms with Gasteiger partial charge in [0.15, 0.2) is 0 Å². The molecular formula is C15H26ClN3O. The lowest BCUT2D eigenvalue weighted by Crippen LogP contribution is -2.33. The smallest absolute Gasteiger partial charge is 0.0903 e. The van der Waals surface area contributed by atoms with E-state index in [2.05, 4.69) is 18.9 Å². The van der Waals surface area contributed by atoms with E-state index in [1.54, 1.807) is 0 Å². The Morgan fingerprint density at radius 3 is 2.75 bits per heavy atom. The van der Waals surface area contributed by atoms with Gasteiger partial charge in [-0.3, -0.25) is 4.68 Å². The van der Waals surface area contributed by atoms with Gasteiger partial charge in [0.1, 0.15) is 0 Å². The Morgan fingerprint density at radius 2 is 2.10 bits per heavy atom. The summed E-state index contributed by atoms with van der Waals surface area (Å²) in [5.74, 6) is 0.492. The molecule has 5 heteroatoms. The van der Waals surface area contributed by atoms with E-state index in [-0.39, 0.29) is 6.10 Å². The number of nitrogens with two attached hydrogens (primary N) is 1. The van der Waals surface area contributed by atoms with E-state index >= 15 is 0 Å². The molecule has 4 nitrogen and oxygen atoms in total. The van der Waals surface area contributed by atoms with Crippen LogP contribution in [0.3, 0.4) is 0 Å². The number of halogens is 1. The third-order valence-electron chi connectivity index (χ3n) is 4.27. The number of aromatic nitrogens is 2. The third kappa shape index (κ3) is 3.35. The third-order valence-corrected chi connectivity index (χ3v) is 4.71.